The number of carbonyl (C=O) groups is 1. The molecule has 6 nitrogen and oxygen atoms in total. The molecule has 6 heteroatoms. The minimum absolute atomic E-state index is 0.222. The minimum Gasteiger partial charge on any atom is -0.444 e. The number of nitrogens with one attached hydrogen (secondary N) is 1. The summed E-state index contributed by atoms with van der Waals surface area (Å²) in [6.07, 6.45) is 7.71. The number of hydrogen-bond acceptors (Lipinski definition) is 4. The number of aromatic nitrogens is 2. The highest BCUT2D eigenvalue weighted by molar-refractivity contribution is 5.69. The zero-order chi connectivity index (χ0) is 21.8. The van der Waals surface area contributed by atoms with Crippen LogP contribution in [0, 0.1) is 0 Å². The van der Waals surface area contributed by atoms with Gasteiger partial charge in [-0.05, 0) is 70.7 Å². The summed E-state index contributed by atoms with van der Waals surface area (Å²) in [5, 5.41) is 7.58. The molecule has 2 aliphatic rings. The lowest BCUT2D eigenvalue weighted by molar-refractivity contribution is 0.0197. The third-order valence-electron chi connectivity index (χ3n) is 6.27. The third kappa shape index (κ3) is 5.67. The maximum atomic E-state index is 12.6. The van der Waals surface area contributed by atoms with E-state index in [0.717, 1.165) is 37.2 Å². The Morgan fingerprint density at radius 2 is 1.84 bits per heavy atom. The summed E-state index contributed by atoms with van der Waals surface area (Å²) in [7, 11) is 0. The molecular weight excluding hydrogens is 388 g/mol. The summed E-state index contributed by atoms with van der Waals surface area (Å²) in [5.74, 6) is 0.242. The molecule has 1 amide bonds. The molecule has 1 aromatic carbocycles. The van der Waals surface area contributed by atoms with Crippen LogP contribution in [0.25, 0.3) is 11.1 Å². The molecule has 168 valence electrons. The Labute approximate surface area is 186 Å². The summed E-state index contributed by atoms with van der Waals surface area (Å²) >= 11 is 0. The van der Waals surface area contributed by atoms with Crippen molar-refractivity contribution in [2.24, 2.45) is 0 Å². The maximum absolute atomic E-state index is 12.6. The molecule has 0 saturated carbocycles. The van der Waals surface area contributed by atoms with E-state index in [9.17, 15) is 4.79 Å². The zero-order valence-corrected chi connectivity index (χ0v) is 19.2. The first-order chi connectivity index (χ1) is 14.9. The second-order valence-corrected chi connectivity index (χ2v) is 10.00. The average molecular weight is 425 g/mol. The summed E-state index contributed by atoms with van der Waals surface area (Å²) in [4.78, 5) is 16.9. The van der Waals surface area contributed by atoms with E-state index in [1.807, 2.05) is 31.9 Å². The first kappa shape index (κ1) is 21.9. The van der Waals surface area contributed by atoms with E-state index < -0.39 is 5.60 Å². The van der Waals surface area contributed by atoms with E-state index in [1.54, 1.807) is 0 Å². The standard InChI is InChI=1S/C25H36N4O2/c1-25(2,3)31-24(30)29-15-7-8-21(18-29)23-22(16-26-27-23)20-11-9-19(10-12-20)17-28-13-5-4-6-14-28/h9-12,16,21H,4-8,13-15,17-18H2,1-3H3,(H,26,27)/t21-/m0/s1. The Bertz CT molecular complexity index is 862. The number of ether oxygens (including phenoxy) is 1. The first-order valence-electron chi connectivity index (χ1n) is 11.7. The van der Waals surface area contributed by atoms with E-state index in [1.165, 1.54) is 43.5 Å². The molecule has 3 heterocycles. The van der Waals surface area contributed by atoms with Crippen molar-refractivity contribution in [1.82, 2.24) is 20.0 Å². The SMILES string of the molecule is CC(C)(C)OC(=O)N1CCC[C@H](c2[nH]ncc2-c2ccc(CN3CCCCC3)cc2)C1. The third-order valence-corrected chi connectivity index (χ3v) is 6.27. The lowest BCUT2D eigenvalue weighted by Gasteiger charge is -2.34. The molecule has 0 aliphatic carbocycles. The number of carbonyl (C=O) groups excluding carboxylic acids is 1. The van der Waals surface area contributed by atoms with Crippen molar-refractivity contribution < 1.29 is 9.53 Å². The van der Waals surface area contributed by atoms with Gasteiger partial charge in [0.15, 0.2) is 0 Å². The van der Waals surface area contributed by atoms with Gasteiger partial charge in [-0.1, -0.05) is 30.7 Å². The highest BCUT2D eigenvalue weighted by Gasteiger charge is 2.30. The number of benzene rings is 1. The number of H-pyrrole nitrogens is 1. The van der Waals surface area contributed by atoms with Crippen LogP contribution in [0.2, 0.25) is 0 Å². The van der Waals surface area contributed by atoms with E-state index in [2.05, 4.69) is 39.4 Å². The average Bonchev–Trinajstić information content (AvgIpc) is 3.24. The van der Waals surface area contributed by atoms with E-state index in [-0.39, 0.29) is 12.0 Å². The Morgan fingerprint density at radius 3 is 2.55 bits per heavy atom. The Hall–Kier alpha value is -2.34. The number of likely N-dealkylation sites (tertiary alicyclic amines) is 2. The van der Waals surface area contributed by atoms with Crippen LogP contribution in [0.15, 0.2) is 30.5 Å². The van der Waals surface area contributed by atoms with Gasteiger partial charge in [0.05, 0.1) is 6.20 Å². The van der Waals surface area contributed by atoms with Crippen LogP contribution in [-0.2, 0) is 11.3 Å². The molecule has 1 N–H and O–H groups in total. The quantitative estimate of drug-likeness (QED) is 0.735. The van der Waals surface area contributed by atoms with Gasteiger partial charge in [0.25, 0.3) is 0 Å². The van der Waals surface area contributed by atoms with Crippen molar-refractivity contribution in [3.8, 4) is 11.1 Å². The van der Waals surface area contributed by atoms with E-state index >= 15 is 0 Å². The lowest BCUT2D eigenvalue weighted by atomic mass is 9.90. The summed E-state index contributed by atoms with van der Waals surface area (Å²) in [6.45, 7) is 10.6. The van der Waals surface area contributed by atoms with Crippen LogP contribution in [-0.4, -0.2) is 57.9 Å². The van der Waals surface area contributed by atoms with E-state index in [4.69, 9.17) is 4.74 Å². The predicted octanol–water partition coefficient (Wildman–Crippen LogP) is 5.18. The van der Waals surface area contributed by atoms with Crippen LogP contribution in [0.3, 0.4) is 0 Å². The molecule has 2 saturated heterocycles. The number of piperidine rings is 2. The first-order valence-corrected chi connectivity index (χ1v) is 11.7. The second kappa shape index (κ2) is 9.43. The van der Waals surface area contributed by atoms with Crippen molar-refractivity contribution in [3.63, 3.8) is 0 Å². The molecule has 0 bridgehead atoms. The molecular formula is C25H36N4O2. The zero-order valence-electron chi connectivity index (χ0n) is 19.2. The normalized spacial score (nSPS) is 20.6. The van der Waals surface area contributed by atoms with Gasteiger partial charge in [0.1, 0.15) is 5.60 Å². The minimum atomic E-state index is -0.473. The summed E-state index contributed by atoms with van der Waals surface area (Å²) in [5.41, 5.74) is 4.33. The molecule has 2 aliphatic heterocycles. The number of hydrogen-bond donors (Lipinski definition) is 1. The van der Waals surface area contributed by atoms with Gasteiger partial charge in [-0.15, -0.1) is 0 Å². The van der Waals surface area contributed by atoms with Gasteiger partial charge in [0, 0.05) is 36.8 Å². The second-order valence-electron chi connectivity index (χ2n) is 10.00. The van der Waals surface area contributed by atoms with Crippen molar-refractivity contribution in [2.75, 3.05) is 26.2 Å². The van der Waals surface area contributed by atoms with Crippen molar-refractivity contribution in [2.45, 2.75) is 70.9 Å². The van der Waals surface area contributed by atoms with Gasteiger partial charge < -0.3 is 9.64 Å². The molecule has 1 aromatic heterocycles. The molecule has 0 spiro atoms. The Kier molecular flexibility index (Phi) is 6.65. The topological polar surface area (TPSA) is 61.5 Å². The number of rotatable bonds is 4. The largest absolute Gasteiger partial charge is 0.444 e. The van der Waals surface area contributed by atoms with Crippen LogP contribution >= 0.6 is 0 Å². The molecule has 2 aromatic rings. The van der Waals surface area contributed by atoms with Gasteiger partial charge >= 0.3 is 6.09 Å². The lowest BCUT2D eigenvalue weighted by Crippen LogP contribution is -2.42. The van der Waals surface area contributed by atoms with Gasteiger partial charge in [-0.3, -0.25) is 10.00 Å². The van der Waals surface area contributed by atoms with E-state index in [0.29, 0.717) is 6.54 Å². The molecule has 31 heavy (non-hydrogen) atoms. The smallest absolute Gasteiger partial charge is 0.410 e. The van der Waals surface area contributed by atoms with Crippen LogP contribution in [0.5, 0.6) is 0 Å². The molecule has 0 unspecified atom stereocenters. The summed E-state index contributed by atoms with van der Waals surface area (Å²) < 4.78 is 5.59. The highest BCUT2D eigenvalue weighted by Crippen LogP contribution is 2.33. The Morgan fingerprint density at radius 1 is 1.10 bits per heavy atom. The van der Waals surface area contributed by atoms with Crippen molar-refractivity contribution >= 4 is 6.09 Å². The highest BCUT2D eigenvalue weighted by atomic mass is 16.6. The van der Waals surface area contributed by atoms with Crippen LogP contribution in [0.4, 0.5) is 4.79 Å². The fraction of sp³-hybridized carbons (Fsp3) is 0.600. The van der Waals surface area contributed by atoms with Crippen LogP contribution in [0.1, 0.15) is 70.1 Å². The fourth-order valence-electron chi connectivity index (χ4n) is 4.71. The fourth-order valence-corrected chi connectivity index (χ4v) is 4.71. The molecule has 0 radical (unpaired) electrons. The van der Waals surface area contributed by atoms with Crippen molar-refractivity contribution in [3.05, 3.63) is 41.7 Å². The monoisotopic (exact) mass is 424 g/mol. The van der Waals surface area contributed by atoms with Gasteiger partial charge in [-0.25, -0.2) is 4.79 Å². The number of nitrogens with zero attached hydrogens (tertiary/aromatic N) is 3. The predicted molar refractivity (Wildman–Crippen MR) is 123 cm³/mol. The number of aromatic amines is 1. The molecule has 4 rings (SSSR count). The Balaban J connectivity index is 1.44. The van der Waals surface area contributed by atoms with Crippen LogP contribution < -0.4 is 0 Å². The van der Waals surface area contributed by atoms with Gasteiger partial charge in [0.2, 0.25) is 0 Å². The molecule has 1 atom stereocenters. The van der Waals surface area contributed by atoms with Crippen molar-refractivity contribution in [1.29, 1.82) is 0 Å². The maximum Gasteiger partial charge on any atom is 0.410 e. The number of amides is 1. The summed E-state index contributed by atoms with van der Waals surface area (Å²) in [6, 6.07) is 8.91. The van der Waals surface area contributed by atoms with Gasteiger partial charge in [-0.2, -0.15) is 5.10 Å². The molecule has 2 fully saturated rings.